The Morgan fingerprint density at radius 1 is 1.28 bits per heavy atom. The zero-order chi connectivity index (χ0) is 13.5. The van der Waals surface area contributed by atoms with Gasteiger partial charge < -0.3 is 10.0 Å². The van der Waals surface area contributed by atoms with E-state index in [1.165, 1.54) is 18.4 Å². The van der Waals surface area contributed by atoms with Crippen LogP contribution in [0.15, 0.2) is 24.3 Å². The van der Waals surface area contributed by atoms with E-state index in [0.29, 0.717) is 6.54 Å². The van der Waals surface area contributed by atoms with E-state index < -0.39 is 12.0 Å². The lowest BCUT2D eigenvalue weighted by Gasteiger charge is -2.27. The number of anilines is 1. The largest absolute Gasteiger partial charge is 0.480 e. The molecule has 0 saturated carbocycles. The first-order valence-corrected chi connectivity index (χ1v) is 6.68. The molecule has 0 aliphatic rings. The van der Waals surface area contributed by atoms with Gasteiger partial charge in [0.1, 0.15) is 6.04 Å². The highest BCUT2D eigenvalue weighted by Gasteiger charge is 2.19. The lowest BCUT2D eigenvalue weighted by molar-refractivity contribution is -0.138. The summed E-state index contributed by atoms with van der Waals surface area (Å²) in [5, 5.41) is 9.07. The zero-order valence-electron chi connectivity index (χ0n) is 11.5. The van der Waals surface area contributed by atoms with Crippen molar-refractivity contribution in [1.29, 1.82) is 0 Å². The minimum atomic E-state index is -0.785. The second kappa shape index (κ2) is 7.04. The Balaban J connectivity index is 2.78. The van der Waals surface area contributed by atoms with Gasteiger partial charge in [0, 0.05) is 12.2 Å². The highest BCUT2D eigenvalue weighted by molar-refractivity contribution is 5.77. The van der Waals surface area contributed by atoms with Crippen LogP contribution in [0.25, 0.3) is 0 Å². The molecule has 0 saturated heterocycles. The molecule has 1 aromatic carbocycles. The highest BCUT2D eigenvalue weighted by atomic mass is 16.4. The van der Waals surface area contributed by atoms with Crippen LogP contribution >= 0.6 is 0 Å². The van der Waals surface area contributed by atoms with E-state index in [1.807, 2.05) is 24.0 Å². The molecule has 0 fully saturated rings. The molecule has 0 aliphatic heterocycles. The van der Waals surface area contributed by atoms with E-state index in [-0.39, 0.29) is 0 Å². The SMILES string of the molecule is CCCCc1ccc(N(CC)[C@@H](C)C(=O)O)cc1. The average molecular weight is 249 g/mol. The van der Waals surface area contributed by atoms with Gasteiger partial charge in [-0.05, 0) is 44.4 Å². The van der Waals surface area contributed by atoms with E-state index in [4.69, 9.17) is 5.11 Å². The summed E-state index contributed by atoms with van der Waals surface area (Å²) in [6, 6.07) is 7.75. The molecular formula is C15H23NO2. The van der Waals surface area contributed by atoms with Crippen molar-refractivity contribution in [3.63, 3.8) is 0 Å². The first-order chi connectivity index (χ1) is 8.60. The topological polar surface area (TPSA) is 40.5 Å². The van der Waals surface area contributed by atoms with E-state index in [9.17, 15) is 4.79 Å². The fourth-order valence-electron chi connectivity index (χ4n) is 2.05. The Labute approximate surface area is 109 Å². The minimum Gasteiger partial charge on any atom is -0.480 e. The maximum Gasteiger partial charge on any atom is 0.326 e. The maximum absolute atomic E-state index is 11.0. The summed E-state index contributed by atoms with van der Waals surface area (Å²) >= 11 is 0. The van der Waals surface area contributed by atoms with Crippen molar-refractivity contribution in [2.24, 2.45) is 0 Å². The van der Waals surface area contributed by atoms with Gasteiger partial charge in [0.2, 0.25) is 0 Å². The lowest BCUT2D eigenvalue weighted by atomic mass is 10.1. The summed E-state index contributed by atoms with van der Waals surface area (Å²) in [7, 11) is 0. The van der Waals surface area contributed by atoms with Gasteiger partial charge >= 0.3 is 5.97 Å². The van der Waals surface area contributed by atoms with E-state index in [1.54, 1.807) is 6.92 Å². The molecule has 1 rings (SSSR count). The van der Waals surface area contributed by atoms with Gasteiger partial charge in [-0.3, -0.25) is 0 Å². The molecule has 0 amide bonds. The third-order valence-electron chi connectivity index (χ3n) is 3.25. The molecule has 3 heteroatoms. The van der Waals surface area contributed by atoms with Crippen LogP contribution in [-0.4, -0.2) is 23.7 Å². The number of aryl methyl sites for hydroxylation is 1. The number of rotatable bonds is 7. The van der Waals surface area contributed by atoms with Crippen molar-refractivity contribution >= 4 is 11.7 Å². The second-order valence-corrected chi connectivity index (χ2v) is 4.57. The summed E-state index contributed by atoms with van der Waals surface area (Å²) in [4.78, 5) is 12.9. The molecule has 0 unspecified atom stereocenters. The molecule has 100 valence electrons. The van der Waals surface area contributed by atoms with Crippen molar-refractivity contribution in [2.45, 2.75) is 46.1 Å². The number of aliphatic carboxylic acids is 1. The Hall–Kier alpha value is -1.51. The van der Waals surface area contributed by atoms with Crippen LogP contribution in [0.4, 0.5) is 5.69 Å². The van der Waals surface area contributed by atoms with Gasteiger partial charge in [0.05, 0.1) is 0 Å². The number of nitrogens with zero attached hydrogens (tertiary/aromatic N) is 1. The summed E-state index contributed by atoms with van der Waals surface area (Å²) in [5.41, 5.74) is 2.30. The smallest absolute Gasteiger partial charge is 0.326 e. The number of hydrogen-bond donors (Lipinski definition) is 1. The third-order valence-corrected chi connectivity index (χ3v) is 3.25. The van der Waals surface area contributed by atoms with Crippen molar-refractivity contribution in [2.75, 3.05) is 11.4 Å². The molecule has 0 aromatic heterocycles. The van der Waals surface area contributed by atoms with Crippen molar-refractivity contribution in [1.82, 2.24) is 0 Å². The fourth-order valence-corrected chi connectivity index (χ4v) is 2.05. The molecule has 0 spiro atoms. The van der Waals surface area contributed by atoms with Crippen molar-refractivity contribution in [3.05, 3.63) is 29.8 Å². The highest BCUT2D eigenvalue weighted by Crippen LogP contribution is 2.18. The molecule has 1 aromatic rings. The van der Waals surface area contributed by atoms with Gasteiger partial charge in [0.25, 0.3) is 0 Å². The van der Waals surface area contributed by atoms with Crippen LogP contribution in [-0.2, 0) is 11.2 Å². The second-order valence-electron chi connectivity index (χ2n) is 4.57. The van der Waals surface area contributed by atoms with Gasteiger partial charge in [-0.15, -0.1) is 0 Å². The van der Waals surface area contributed by atoms with E-state index >= 15 is 0 Å². The molecule has 0 bridgehead atoms. The molecule has 0 heterocycles. The first kappa shape index (κ1) is 14.6. The van der Waals surface area contributed by atoms with Gasteiger partial charge in [-0.2, -0.15) is 0 Å². The standard InChI is InChI=1S/C15H23NO2/c1-4-6-7-13-8-10-14(11-9-13)16(5-2)12(3)15(17)18/h8-12H,4-7H2,1-3H3,(H,17,18)/t12-/m0/s1. The van der Waals surface area contributed by atoms with Gasteiger partial charge in [-0.1, -0.05) is 25.5 Å². The van der Waals surface area contributed by atoms with Crippen LogP contribution in [0.5, 0.6) is 0 Å². The predicted molar refractivity (Wildman–Crippen MR) is 75.2 cm³/mol. The number of benzene rings is 1. The summed E-state index contributed by atoms with van der Waals surface area (Å²) in [5.74, 6) is -0.785. The molecule has 0 radical (unpaired) electrons. The number of likely N-dealkylation sites (N-methyl/N-ethyl adjacent to an activating group) is 1. The quantitative estimate of drug-likeness (QED) is 0.805. The molecule has 1 N–H and O–H groups in total. The summed E-state index contributed by atoms with van der Waals surface area (Å²) in [6.07, 6.45) is 3.48. The molecule has 18 heavy (non-hydrogen) atoms. The van der Waals surface area contributed by atoms with E-state index in [0.717, 1.165) is 12.1 Å². The number of carboxylic acid groups (broad SMARTS) is 1. The number of carboxylic acids is 1. The number of unbranched alkanes of at least 4 members (excludes halogenated alkanes) is 1. The molecule has 1 atom stereocenters. The average Bonchev–Trinajstić information content (AvgIpc) is 2.38. The Bertz CT molecular complexity index is 373. The van der Waals surface area contributed by atoms with Crippen LogP contribution in [0.1, 0.15) is 39.2 Å². The van der Waals surface area contributed by atoms with E-state index in [2.05, 4.69) is 19.1 Å². The van der Waals surface area contributed by atoms with Crippen LogP contribution in [0, 0.1) is 0 Å². The van der Waals surface area contributed by atoms with Gasteiger partial charge in [-0.25, -0.2) is 4.79 Å². The Kier molecular flexibility index (Phi) is 5.69. The van der Waals surface area contributed by atoms with Crippen molar-refractivity contribution in [3.8, 4) is 0 Å². The third kappa shape index (κ3) is 3.76. The lowest BCUT2D eigenvalue weighted by Crippen LogP contribution is -2.38. The van der Waals surface area contributed by atoms with Crippen LogP contribution in [0.3, 0.4) is 0 Å². The number of hydrogen-bond acceptors (Lipinski definition) is 2. The molecule has 3 nitrogen and oxygen atoms in total. The first-order valence-electron chi connectivity index (χ1n) is 6.68. The Morgan fingerprint density at radius 2 is 1.89 bits per heavy atom. The van der Waals surface area contributed by atoms with Gasteiger partial charge in [0.15, 0.2) is 0 Å². The van der Waals surface area contributed by atoms with Crippen LogP contribution < -0.4 is 4.90 Å². The minimum absolute atomic E-state index is 0.489. The monoisotopic (exact) mass is 249 g/mol. The normalized spacial score (nSPS) is 12.2. The molecular weight excluding hydrogens is 226 g/mol. The summed E-state index contributed by atoms with van der Waals surface area (Å²) in [6.45, 7) is 6.57. The molecule has 0 aliphatic carbocycles. The number of carbonyl (C=O) groups is 1. The predicted octanol–water partition coefficient (Wildman–Crippen LogP) is 3.33. The van der Waals surface area contributed by atoms with Crippen molar-refractivity contribution < 1.29 is 9.90 Å². The van der Waals surface area contributed by atoms with Crippen LogP contribution in [0.2, 0.25) is 0 Å². The Morgan fingerprint density at radius 3 is 2.33 bits per heavy atom. The summed E-state index contributed by atoms with van der Waals surface area (Å²) < 4.78 is 0. The fraction of sp³-hybridized carbons (Fsp3) is 0.533. The maximum atomic E-state index is 11.0. The zero-order valence-corrected chi connectivity index (χ0v) is 11.5.